The number of hydrogen-bond donors (Lipinski definition) is 0. The maximum absolute atomic E-state index is 4.94. The van der Waals surface area contributed by atoms with Crippen LogP contribution < -0.4 is 0 Å². The molecule has 6 rings (SSSR count). The summed E-state index contributed by atoms with van der Waals surface area (Å²) < 4.78 is 0. The first-order chi connectivity index (χ1) is 14.8. The molecule has 5 aliphatic heterocycles. The van der Waals surface area contributed by atoms with Crippen LogP contribution in [0, 0.1) is 5.92 Å². The predicted molar refractivity (Wildman–Crippen MR) is 124 cm³/mol. The third-order valence-corrected chi connectivity index (χ3v) is 5.72. The topological polar surface area (TPSA) is 49.4 Å². The number of aliphatic imine (C=N–C) groups is 4. The average Bonchev–Trinajstić information content (AvgIpc) is 3.53. The van der Waals surface area contributed by atoms with E-state index in [-0.39, 0.29) is 19.5 Å². The van der Waals surface area contributed by atoms with E-state index in [0.29, 0.717) is 5.92 Å². The van der Waals surface area contributed by atoms with Gasteiger partial charge in [0.1, 0.15) is 0 Å². The molecule has 8 bridgehead atoms. The first-order valence-corrected chi connectivity index (χ1v) is 10.4. The fourth-order valence-corrected chi connectivity index (χ4v) is 4.29. The van der Waals surface area contributed by atoms with Crippen molar-refractivity contribution in [3.05, 3.63) is 107 Å². The molecule has 0 aromatic rings. The normalized spacial score (nSPS) is 25.0. The molecule has 0 aromatic heterocycles. The zero-order valence-corrected chi connectivity index (χ0v) is 20.2. The minimum absolute atomic E-state index is 0. The summed E-state index contributed by atoms with van der Waals surface area (Å²) in [5, 5.41) is 0. The van der Waals surface area contributed by atoms with E-state index in [0.717, 1.165) is 52.1 Å². The van der Waals surface area contributed by atoms with E-state index < -0.39 is 0 Å². The van der Waals surface area contributed by atoms with Gasteiger partial charge in [-0.25, -0.2) is 20.0 Å². The molecule has 0 amide bonds. The van der Waals surface area contributed by atoms with Gasteiger partial charge in [0, 0.05) is 25.4 Å². The van der Waals surface area contributed by atoms with Crippen LogP contribution in [0.5, 0.6) is 0 Å². The zero-order valence-electron chi connectivity index (χ0n) is 17.2. The second kappa shape index (κ2) is 8.24. The Kier molecular flexibility index (Phi) is 5.29. The second-order valence-corrected chi connectivity index (χ2v) is 7.95. The summed E-state index contributed by atoms with van der Waals surface area (Å²) in [4.78, 5) is 19.1. The molecule has 0 saturated carbocycles. The number of allylic oxidation sites excluding steroid dienone is 14. The zero-order chi connectivity index (χ0) is 19.9. The Hall–Kier alpha value is -3.04. The summed E-state index contributed by atoms with van der Waals surface area (Å²) in [6.45, 7) is 0. The Balaban J connectivity index is 0.00000204. The van der Waals surface area contributed by atoms with Gasteiger partial charge < -0.3 is 0 Å². The van der Waals surface area contributed by atoms with Crippen LogP contribution in [0.4, 0.5) is 0 Å². The fourth-order valence-electron chi connectivity index (χ4n) is 4.29. The molecule has 146 valence electrons. The second-order valence-electron chi connectivity index (χ2n) is 7.95. The van der Waals surface area contributed by atoms with Gasteiger partial charge in [0.25, 0.3) is 0 Å². The molecule has 5 heterocycles. The number of hydrogen-bond acceptors (Lipinski definition) is 4. The molecular weight excluding hydrogens is 434 g/mol. The van der Waals surface area contributed by atoms with Crippen molar-refractivity contribution >= 4 is 22.8 Å². The monoisotopic (exact) mass is 452 g/mol. The van der Waals surface area contributed by atoms with Crippen molar-refractivity contribution in [1.29, 1.82) is 0 Å². The standard InChI is InChI=1S/C26H20N4.Zn/c1-2-4-17(5-3-1)25-15-24-14-22-9-8-20(28-22)12-18-6-7-19(27-18)13-21-10-11-23(29-21)16-26(25)30-24;/h2,4,6-17H,1,3,5H2;. The fraction of sp³-hybridized carbons (Fsp3) is 0.154. The van der Waals surface area contributed by atoms with Crippen LogP contribution in [0.3, 0.4) is 0 Å². The quantitative estimate of drug-likeness (QED) is 0.382. The molecule has 6 aliphatic rings. The molecule has 1 atom stereocenters. The van der Waals surface area contributed by atoms with Crippen LogP contribution in [-0.4, -0.2) is 22.8 Å². The van der Waals surface area contributed by atoms with Crippen LogP contribution in [0.1, 0.15) is 19.3 Å². The van der Waals surface area contributed by atoms with Gasteiger partial charge in [0.15, 0.2) is 0 Å². The van der Waals surface area contributed by atoms with Gasteiger partial charge in [0.05, 0.1) is 45.6 Å². The van der Waals surface area contributed by atoms with Gasteiger partial charge in [-0.1, -0.05) is 12.2 Å². The van der Waals surface area contributed by atoms with Crippen molar-refractivity contribution in [3.63, 3.8) is 0 Å². The Morgan fingerprint density at radius 2 is 1.19 bits per heavy atom. The third kappa shape index (κ3) is 4.11. The molecule has 0 fully saturated rings. The summed E-state index contributed by atoms with van der Waals surface area (Å²) in [5.41, 5.74) is 8.66. The van der Waals surface area contributed by atoms with Crippen molar-refractivity contribution in [2.75, 3.05) is 0 Å². The van der Waals surface area contributed by atoms with Crippen molar-refractivity contribution in [2.24, 2.45) is 25.9 Å². The van der Waals surface area contributed by atoms with Gasteiger partial charge in [-0.2, -0.15) is 0 Å². The van der Waals surface area contributed by atoms with Crippen LogP contribution in [0.25, 0.3) is 0 Å². The van der Waals surface area contributed by atoms with Crippen LogP contribution >= 0.6 is 0 Å². The largest absolute Gasteiger partial charge is 0.249 e. The minimum atomic E-state index is 0. The molecule has 1 unspecified atom stereocenters. The van der Waals surface area contributed by atoms with Crippen molar-refractivity contribution in [3.8, 4) is 0 Å². The summed E-state index contributed by atoms with van der Waals surface area (Å²) >= 11 is 0. The SMILES string of the molecule is C1=CC(C2=CC3=NC2=CC2=NC(=CC4=NC(=CC5=NC(=C3)C=C5)C=C4)C=C2)CCC1.[Zn]. The van der Waals surface area contributed by atoms with Gasteiger partial charge in [-0.3, -0.25) is 0 Å². The molecule has 1 aliphatic carbocycles. The smallest absolute Gasteiger partial charge is 0.0697 e. The molecule has 0 spiro atoms. The van der Waals surface area contributed by atoms with Crippen molar-refractivity contribution in [1.82, 2.24) is 0 Å². The van der Waals surface area contributed by atoms with Crippen LogP contribution in [0.15, 0.2) is 127 Å². The van der Waals surface area contributed by atoms with Crippen LogP contribution in [-0.2, 0) is 19.5 Å². The average molecular weight is 454 g/mol. The Labute approximate surface area is 194 Å². The van der Waals surface area contributed by atoms with Gasteiger partial charge in [-0.15, -0.1) is 0 Å². The van der Waals surface area contributed by atoms with E-state index in [2.05, 4.69) is 35.4 Å². The van der Waals surface area contributed by atoms with Crippen LogP contribution in [0.2, 0.25) is 0 Å². The minimum Gasteiger partial charge on any atom is -0.249 e. The van der Waals surface area contributed by atoms with E-state index in [4.69, 9.17) is 15.0 Å². The van der Waals surface area contributed by atoms with E-state index in [1.807, 2.05) is 48.6 Å². The van der Waals surface area contributed by atoms with E-state index in [1.165, 1.54) is 18.4 Å². The third-order valence-electron chi connectivity index (χ3n) is 5.72. The molecule has 31 heavy (non-hydrogen) atoms. The van der Waals surface area contributed by atoms with Gasteiger partial charge >= 0.3 is 0 Å². The van der Waals surface area contributed by atoms with E-state index in [9.17, 15) is 0 Å². The van der Waals surface area contributed by atoms with Crippen molar-refractivity contribution in [2.45, 2.75) is 19.3 Å². The Morgan fingerprint density at radius 1 is 0.613 bits per heavy atom. The van der Waals surface area contributed by atoms with Gasteiger partial charge in [-0.05, 0) is 91.7 Å². The number of fused-ring (bicyclic) bond motifs is 4. The maximum Gasteiger partial charge on any atom is 0.0697 e. The first-order valence-electron chi connectivity index (χ1n) is 10.4. The van der Waals surface area contributed by atoms with Gasteiger partial charge in [0.2, 0.25) is 0 Å². The molecule has 0 radical (unpaired) electrons. The Morgan fingerprint density at radius 3 is 1.77 bits per heavy atom. The first kappa shape index (κ1) is 19.9. The molecule has 0 saturated heterocycles. The maximum atomic E-state index is 4.94. The molecule has 0 N–H and O–H groups in total. The predicted octanol–water partition coefficient (Wildman–Crippen LogP) is 5.30. The summed E-state index contributed by atoms with van der Waals surface area (Å²) in [6, 6.07) is 0. The summed E-state index contributed by atoms with van der Waals surface area (Å²) in [6.07, 6.45) is 30.7. The van der Waals surface area contributed by atoms with E-state index >= 15 is 0 Å². The molecule has 0 aromatic carbocycles. The molecular formula is C26H20N4Zn. The molecule has 4 nitrogen and oxygen atoms in total. The van der Waals surface area contributed by atoms with E-state index in [1.54, 1.807) is 0 Å². The number of rotatable bonds is 1. The molecule has 5 heteroatoms. The number of nitrogens with zero attached hydrogens (tertiary/aromatic N) is 4. The van der Waals surface area contributed by atoms with Crippen molar-refractivity contribution < 1.29 is 19.5 Å². The summed E-state index contributed by atoms with van der Waals surface area (Å²) in [7, 11) is 0. The summed E-state index contributed by atoms with van der Waals surface area (Å²) in [5.74, 6) is 0.408. The Bertz CT molecular complexity index is 1250.